The van der Waals surface area contributed by atoms with Gasteiger partial charge >= 0.3 is 0 Å². The van der Waals surface area contributed by atoms with Crippen LogP contribution in [-0.2, 0) is 0 Å². The Balaban J connectivity index is 2.47. The monoisotopic (exact) mass is 201 g/mol. The third kappa shape index (κ3) is 1.74. The minimum atomic E-state index is -0.398. The van der Waals surface area contributed by atoms with Crippen LogP contribution < -0.4 is 5.73 Å². The fraction of sp³-hybridized carbons (Fsp3) is 0.0909. The molecule has 0 aliphatic carbocycles. The third-order valence-corrected chi connectivity index (χ3v) is 2.28. The molecule has 2 aromatic rings. The number of rotatable bonds is 2. The second-order valence-electron chi connectivity index (χ2n) is 3.33. The molecule has 1 aromatic heterocycles. The molecule has 0 saturated heterocycles. The first-order chi connectivity index (χ1) is 7.18. The number of imidazole rings is 1. The van der Waals surface area contributed by atoms with Crippen molar-refractivity contribution in [2.24, 2.45) is 5.73 Å². The molecule has 0 saturated carbocycles. The summed E-state index contributed by atoms with van der Waals surface area (Å²) in [5, 5.41) is 0. The lowest BCUT2D eigenvalue weighted by Gasteiger charge is -2.06. The van der Waals surface area contributed by atoms with Crippen LogP contribution in [0.5, 0.6) is 0 Å². The van der Waals surface area contributed by atoms with E-state index in [1.807, 2.05) is 29.8 Å². The Morgan fingerprint density at radius 1 is 1.47 bits per heavy atom. The lowest BCUT2D eigenvalue weighted by Crippen LogP contribution is -2.12. The van der Waals surface area contributed by atoms with E-state index in [1.165, 1.54) is 0 Å². The quantitative estimate of drug-likeness (QED) is 0.795. The normalized spacial score (nSPS) is 10.2. The largest absolute Gasteiger partial charge is 0.366 e. The molecule has 0 bridgehead atoms. The van der Waals surface area contributed by atoms with Crippen molar-refractivity contribution < 1.29 is 4.79 Å². The van der Waals surface area contributed by atoms with Gasteiger partial charge in [-0.25, -0.2) is 4.98 Å². The number of hydrogen-bond donors (Lipinski definition) is 1. The van der Waals surface area contributed by atoms with Gasteiger partial charge in [0.15, 0.2) is 0 Å². The van der Waals surface area contributed by atoms with Crippen LogP contribution in [0.2, 0.25) is 0 Å². The predicted molar refractivity (Wildman–Crippen MR) is 56.8 cm³/mol. The van der Waals surface area contributed by atoms with Gasteiger partial charge in [0.05, 0.1) is 6.33 Å². The standard InChI is InChI=1S/C11H11N3O/c1-8-6-9(14-5-4-13-7-14)2-3-10(8)11(12)15/h2-7H,1H3,(H2,12,15). The molecule has 1 aromatic carbocycles. The summed E-state index contributed by atoms with van der Waals surface area (Å²) in [6.45, 7) is 1.86. The number of aryl methyl sites for hydroxylation is 1. The molecular formula is C11H11N3O. The fourth-order valence-electron chi connectivity index (χ4n) is 1.50. The Hall–Kier alpha value is -2.10. The van der Waals surface area contributed by atoms with Gasteiger partial charge in [-0.05, 0) is 30.7 Å². The molecular weight excluding hydrogens is 190 g/mol. The topological polar surface area (TPSA) is 60.9 Å². The molecule has 0 atom stereocenters. The summed E-state index contributed by atoms with van der Waals surface area (Å²) in [7, 11) is 0. The number of benzene rings is 1. The molecule has 15 heavy (non-hydrogen) atoms. The van der Waals surface area contributed by atoms with E-state index < -0.39 is 5.91 Å². The first-order valence-corrected chi connectivity index (χ1v) is 4.57. The van der Waals surface area contributed by atoms with E-state index in [4.69, 9.17) is 5.73 Å². The van der Waals surface area contributed by atoms with E-state index in [0.717, 1.165) is 11.3 Å². The first kappa shape index (κ1) is 9.45. The van der Waals surface area contributed by atoms with Crippen molar-refractivity contribution in [1.82, 2.24) is 9.55 Å². The van der Waals surface area contributed by atoms with Crippen molar-refractivity contribution >= 4 is 5.91 Å². The Morgan fingerprint density at radius 3 is 2.80 bits per heavy atom. The van der Waals surface area contributed by atoms with Crippen LogP contribution in [0, 0.1) is 6.92 Å². The number of primary amides is 1. The van der Waals surface area contributed by atoms with E-state index in [1.54, 1.807) is 18.6 Å². The molecule has 1 amide bonds. The SMILES string of the molecule is Cc1cc(-n2ccnc2)ccc1C(N)=O. The molecule has 0 aliphatic heterocycles. The van der Waals surface area contributed by atoms with Gasteiger partial charge in [0.2, 0.25) is 5.91 Å². The summed E-state index contributed by atoms with van der Waals surface area (Å²) in [6.07, 6.45) is 5.26. The molecule has 4 heteroatoms. The maximum atomic E-state index is 11.0. The Labute approximate surface area is 87.4 Å². The fourth-order valence-corrected chi connectivity index (χ4v) is 1.50. The smallest absolute Gasteiger partial charge is 0.248 e. The molecule has 0 fully saturated rings. The molecule has 0 aliphatic rings. The molecule has 2 N–H and O–H groups in total. The first-order valence-electron chi connectivity index (χ1n) is 4.57. The molecule has 0 spiro atoms. The van der Waals surface area contributed by atoms with E-state index in [-0.39, 0.29) is 0 Å². The van der Waals surface area contributed by atoms with Gasteiger partial charge in [-0.15, -0.1) is 0 Å². The average Bonchev–Trinajstić information content (AvgIpc) is 2.69. The molecule has 2 rings (SSSR count). The highest BCUT2D eigenvalue weighted by atomic mass is 16.1. The minimum Gasteiger partial charge on any atom is -0.366 e. The van der Waals surface area contributed by atoms with Crippen LogP contribution in [-0.4, -0.2) is 15.5 Å². The van der Waals surface area contributed by atoms with Crippen LogP contribution in [0.25, 0.3) is 5.69 Å². The van der Waals surface area contributed by atoms with Crippen LogP contribution in [0.1, 0.15) is 15.9 Å². The number of hydrogen-bond acceptors (Lipinski definition) is 2. The summed E-state index contributed by atoms with van der Waals surface area (Å²) in [6, 6.07) is 5.48. The number of carbonyl (C=O) groups is 1. The van der Waals surface area contributed by atoms with Crippen molar-refractivity contribution in [3.05, 3.63) is 48.0 Å². The average molecular weight is 201 g/mol. The van der Waals surface area contributed by atoms with Crippen molar-refractivity contribution in [1.29, 1.82) is 0 Å². The Bertz CT molecular complexity index is 489. The van der Waals surface area contributed by atoms with Gasteiger partial charge in [0, 0.05) is 23.6 Å². The van der Waals surface area contributed by atoms with Crippen molar-refractivity contribution in [2.45, 2.75) is 6.92 Å². The zero-order valence-corrected chi connectivity index (χ0v) is 8.34. The summed E-state index contributed by atoms with van der Waals surface area (Å²) in [5.41, 5.74) is 7.62. The second kappa shape index (κ2) is 3.57. The molecule has 76 valence electrons. The third-order valence-electron chi connectivity index (χ3n) is 2.28. The van der Waals surface area contributed by atoms with Gasteiger partial charge in [-0.3, -0.25) is 4.79 Å². The highest BCUT2D eigenvalue weighted by Gasteiger charge is 2.05. The van der Waals surface area contributed by atoms with Crippen LogP contribution in [0.4, 0.5) is 0 Å². The summed E-state index contributed by atoms with van der Waals surface area (Å²) >= 11 is 0. The van der Waals surface area contributed by atoms with Crippen LogP contribution in [0.15, 0.2) is 36.9 Å². The van der Waals surface area contributed by atoms with E-state index >= 15 is 0 Å². The summed E-state index contributed by atoms with van der Waals surface area (Å²) in [4.78, 5) is 15.0. The Morgan fingerprint density at radius 2 is 2.27 bits per heavy atom. The van der Waals surface area contributed by atoms with E-state index in [0.29, 0.717) is 5.56 Å². The van der Waals surface area contributed by atoms with Gasteiger partial charge in [0.25, 0.3) is 0 Å². The second-order valence-corrected chi connectivity index (χ2v) is 3.33. The van der Waals surface area contributed by atoms with Gasteiger partial charge in [0.1, 0.15) is 0 Å². The maximum Gasteiger partial charge on any atom is 0.248 e. The maximum absolute atomic E-state index is 11.0. The molecule has 4 nitrogen and oxygen atoms in total. The lowest BCUT2D eigenvalue weighted by atomic mass is 10.1. The van der Waals surface area contributed by atoms with Gasteiger partial charge in [-0.1, -0.05) is 0 Å². The van der Waals surface area contributed by atoms with E-state index in [2.05, 4.69) is 4.98 Å². The molecule has 1 heterocycles. The molecule has 0 unspecified atom stereocenters. The van der Waals surface area contributed by atoms with E-state index in [9.17, 15) is 4.79 Å². The highest BCUT2D eigenvalue weighted by Crippen LogP contribution is 2.13. The Kier molecular flexibility index (Phi) is 2.25. The zero-order chi connectivity index (χ0) is 10.8. The number of carbonyl (C=O) groups excluding carboxylic acids is 1. The minimum absolute atomic E-state index is 0.398. The van der Waals surface area contributed by atoms with Gasteiger partial charge in [-0.2, -0.15) is 0 Å². The molecule has 0 radical (unpaired) electrons. The van der Waals surface area contributed by atoms with Crippen molar-refractivity contribution in [3.63, 3.8) is 0 Å². The highest BCUT2D eigenvalue weighted by molar-refractivity contribution is 5.94. The predicted octanol–water partition coefficient (Wildman–Crippen LogP) is 1.28. The lowest BCUT2D eigenvalue weighted by molar-refractivity contribution is 0.1000. The zero-order valence-electron chi connectivity index (χ0n) is 8.34. The van der Waals surface area contributed by atoms with Crippen LogP contribution >= 0.6 is 0 Å². The van der Waals surface area contributed by atoms with Crippen molar-refractivity contribution in [2.75, 3.05) is 0 Å². The van der Waals surface area contributed by atoms with Gasteiger partial charge < -0.3 is 10.3 Å². The summed E-state index contributed by atoms with van der Waals surface area (Å²) in [5.74, 6) is -0.398. The van der Waals surface area contributed by atoms with Crippen molar-refractivity contribution in [3.8, 4) is 5.69 Å². The number of aromatic nitrogens is 2. The number of nitrogens with zero attached hydrogens (tertiary/aromatic N) is 2. The summed E-state index contributed by atoms with van der Waals surface area (Å²) < 4.78 is 1.87. The number of nitrogens with two attached hydrogens (primary N) is 1. The number of amides is 1. The van der Waals surface area contributed by atoms with Crippen LogP contribution in [0.3, 0.4) is 0 Å².